The number of aromatic nitrogens is 3. The molecule has 0 saturated heterocycles. The Bertz CT molecular complexity index is 2020. The van der Waals surface area contributed by atoms with Gasteiger partial charge in [0.15, 0.2) is 17.5 Å². The Balaban J connectivity index is 1.34. The summed E-state index contributed by atoms with van der Waals surface area (Å²) in [7, 11) is 0. The summed E-state index contributed by atoms with van der Waals surface area (Å²) in [5.74, 6) is 1.91. The quantitative estimate of drug-likeness (QED) is 0.160. The van der Waals surface area contributed by atoms with E-state index in [0.29, 0.717) is 17.5 Å². The fourth-order valence-corrected chi connectivity index (χ4v) is 5.41. The molecule has 0 spiro atoms. The van der Waals surface area contributed by atoms with Crippen LogP contribution in [-0.4, -0.2) is 21.2 Å². The molecule has 7 rings (SSSR count). The van der Waals surface area contributed by atoms with Crippen LogP contribution in [0.1, 0.15) is 5.56 Å². The molecular weight excluding hydrogens is 545 g/mol. The summed E-state index contributed by atoms with van der Waals surface area (Å²) < 4.78 is 0. The molecule has 204 valence electrons. The minimum Gasteiger partial charge on any atom is -0.254 e. The standard InChI is InChI=1S/C38H26N4S/c43-34-23-22-32-31(20-11-21-33(32)35(34)39-25-26-12-4-1-5-13-26)29-18-10-19-30(24-29)38-41-36(27-14-6-2-7-15-27)40-37(42-38)28-16-8-3-9-17-28/h1-25,43H. The normalized spacial score (nSPS) is 11.3. The number of aliphatic imine (C=N–C) groups is 1. The molecule has 0 fully saturated rings. The van der Waals surface area contributed by atoms with Crippen LogP contribution in [0.5, 0.6) is 0 Å². The highest BCUT2D eigenvalue weighted by Crippen LogP contribution is 2.38. The van der Waals surface area contributed by atoms with Crippen LogP contribution < -0.4 is 0 Å². The summed E-state index contributed by atoms with van der Waals surface area (Å²) in [4.78, 5) is 20.4. The lowest BCUT2D eigenvalue weighted by Crippen LogP contribution is -2.00. The molecule has 0 N–H and O–H groups in total. The molecule has 0 amide bonds. The minimum atomic E-state index is 0.626. The molecule has 5 heteroatoms. The Hall–Kier alpha value is -5.39. The Morgan fingerprint density at radius 3 is 1.65 bits per heavy atom. The maximum Gasteiger partial charge on any atom is 0.164 e. The first kappa shape index (κ1) is 26.5. The summed E-state index contributed by atoms with van der Waals surface area (Å²) >= 11 is 4.75. The van der Waals surface area contributed by atoms with Gasteiger partial charge < -0.3 is 0 Å². The first-order chi connectivity index (χ1) is 21.2. The molecule has 0 unspecified atom stereocenters. The van der Waals surface area contributed by atoms with Gasteiger partial charge in [-0.05, 0) is 34.2 Å². The Morgan fingerprint density at radius 1 is 0.465 bits per heavy atom. The smallest absolute Gasteiger partial charge is 0.164 e. The fraction of sp³-hybridized carbons (Fsp3) is 0. The van der Waals surface area contributed by atoms with Gasteiger partial charge in [-0.3, -0.25) is 4.99 Å². The lowest BCUT2D eigenvalue weighted by Gasteiger charge is -2.12. The van der Waals surface area contributed by atoms with Crippen LogP contribution in [0.25, 0.3) is 56.1 Å². The zero-order chi connectivity index (χ0) is 29.0. The number of hydrogen-bond acceptors (Lipinski definition) is 5. The van der Waals surface area contributed by atoms with Crippen LogP contribution in [0.15, 0.2) is 155 Å². The average Bonchev–Trinajstić information content (AvgIpc) is 3.08. The minimum absolute atomic E-state index is 0.626. The van der Waals surface area contributed by atoms with E-state index in [1.807, 2.05) is 103 Å². The van der Waals surface area contributed by atoms with Gasteiger partial charge in [0.05, 0.1) is 5.69 Å². The van der Waals surface area contributed by atoms with E-state index in [0.717, 1.165) is 54.7 Å². The van der Waals surface area contributed by atoms with Gasteiger partial charge in [-0.15, -0.1) is 12.6 Å². The Morgan fingerprint density at radius 2 is 1.00 bits per heavy atom. The lowest BCUT2D eigenvalue weighted by molar-refractivity contribution is 1.07. The number of thiol groups is 1. The molecule has 0 aliphatic rings. The highest BCUT2D eigenvalue weighted by Gasteiger charge is 2.14. The van der Waals surface area contributed by atoms with Crippen molar-refractivity contribution in [3.8, 4) is 45.3 Å². The summed E-state index contributed by atoms with van der Waals surface area (Å²) in [5.41, 5.74) is 6.86. The molecule has 0 radical (unpaired) electrons. The van der Waals surface area contributed by atoms with Crippen molar-refractivity contribution in [3.05, 3.63) is 151 Å². The number of nitrogens with zero attached hydrogens (tertiary/aromatic N) is 4. The third-order valence-electron chi connectivity index (χ3n) is 7.29. The first-order valence-electron chi connectivity index (χ1n) is 14.0. The molecule has 7 aromatic rings. The largest absolute Gasteiger partial charge is 0.254 e. The Labute approximate surface area is 255 Å². The molecule has 1 aromatic heterocycles. The van der Waals surface area contributed by atoms with Crippen LogP contribution in [0.2, 0.25) is 0 Å². The first-order valence-corrected chi connectivity index (χ1v) is 14.5. The molecular formula is C38H26N4S. The van der Waals surface area contributed by atoms with Crippen LogP contribution in [0, 0.1) is 0 Å². The van der Waals surface area contributed by atoms with Crippen molar-refractivity contribution in [2.24, 2.45) is 4.99 Å². The topological polar surface area (TPSA) is 51.0 Å². The van der Waals surface area contributed by atoms with Crippen molar-refractivity contribution in [1.29, 1.82) is 0 Å². The predicted molar refractivity (Wildman–Crippen MR) is 180 cm³/mol. The van der Waals surface area contributed by atoms with Gasteiger partial charge in [-0.1, -0.05) is 133 Å². The van der Waals surface area contributed by atoms with Crippen LogP contribution in [0.4, 0.5) is 5.69 Å². The van der Waals surface area contributed by atoms with Crippen LogP contribution in [0.3, 0.4) is 0 Å². The molecule has 0 saturated carbocycles. The van der Waals surface area contributed by atoms with E-state index in [1.54, 1.807) is 0 Å². The molecule has 6 aromatic carbocycles. The van der Waals surface area contributed by atoms with E-state index in [1.165, 1.54) is 0 Å². The van der Waals surface area contributed by atoms with Crippen molar-refractivity contribution in [1.82, 2.24) is 15.0 Å². The van der Waals surface area contributed by atoms with Gasteiger partial charge >= 0.3 is 0 Å². The van der Waals surface area contributed by atoms with Gasteiger partial charge in [0.2, 0.25) is 0 Å². The van der Waals surface area contributed by atoms with Crippen molar-refractivity contribution < 1.29 is 0 Å². The Kier molecular flexibility index (Phi) is 7.30. The molecule has 1 heterocycles. The van der Waals surface area contributed by atoms with E-state index < -0.39 is 0 Å². The maximum atomic E-state index is 4.92. The number of fused-ring (bicyclic) bond motifs is 1. The fourth-order valence-electron chi connectivity index (χ4n) is 5.16. The summed E-state index contributed by atoms with van der Waals surface area (Å²) in [5, 5.41) is 2.14. The van der Waals surface area contributed by atoms with Crippen molar-refractivity contribution in [2.75, 3.05) is 0 Å². The van der Waals surface area contributed by atoms with E-state index in [4.69, 9.17) is 32.6 Å². The predicted octanol–water partition coefficient (Wildman–Crippen LogP) is 9.73. The second-order valence-electron chi connectivity index (χ2n) is 10.1. The van der Waals surface area contributed by atoms with E-state index in [2.05, 4.69) is 48.5 Å². The molecule has 4 nitrogen and oxygen atoms in total. The SMILES string of the molecule is Sc1ccc2c(-c3cccc(-c4nc(-c5ccccc5)nc(-c5ccccc5)n4)c3)cccc2c1N=Cc1ccccc1. The molecule has 0 aliphatic carbocycles. The van der Waals surface area contributed by atoms with Gasteiger partial charge in [-0.25, -0.2) is 15.0 Å². The van der Waals surface area contributed by atoms with E-state index >= 15 is 0 Å². The van der Waals surface area contributed by atoms with Gasteiger partial charge in [-0.2, -0.15) is 0 Å². The second kappa shape index (κ2) is 11.8. The summed E-state index contributed by atoms with van der Waals surface area (Å²) in [6.07, 6.45) is 1.89. The molecule has 0 atom stereocenters. The average molecular weight is 571 g/mol. The van der Waals surface area contributed by atoms with E-state index in [9.17, 15) is 0 Å². The van der Waals surface area contributed by atoms with Crippen LogP contribution in [-0.2, 0) is 0 Å². The highest BCUT2D eigenvalue weighted by molar-refractivity contribution is 7.80. The highest BCUT2D eigenvalue weighted by atomic mass is 32.1. The number of benzene rings is 6. The zero-order valence-corrected chi connectivity index (χ0v) is 24.1. The molecule has 0 aliphatic heterocycles. The second-order valence-corrected chi connectivity index (χ2v) is 10.6. The third-order valence-corrected chi connectivity index (χ3v) is 7.65. The zero-order valence-electron chi connectivity index (χ0n) is 23.2. The lowest BCUT2D eigenvalue weighted by atomic mass is 9.96. The number of hydrogen-bond donors (Lipinski definition) is 1. The van der Waals surface area contributed by atoms with E-state index in [-0.39, 0.29) is 0 Å². The monoisotopic (exact) mass is 570 g/mol. The summed E-state index contributed by atoms with van der Waals surface area (Å²) in [6, 6.07) is 49.0. The van der Waals surface area contributed by atoms with Gasteiger partial charge in [0.25, 0.3) is 0 Å². The summed E-state index contributed by atoms with van der Waals surface area (Å²) in [6.45, 7) is 0. The van der Waals surface area contributed by atoms with Gasteiger partial charge in [0, 0.05) is 33.2 Å². The third kappa shape index (κ3) is 5.59. The van der Waals surface area contributed by atoms with Gasteiger partial charge in [0.1, 0.15) is 0 Å². The van der Waals surface area contributed by atoms with Crippen molar-refractivity contribution in [2.45, 2.75) is 4.90 Å². The molecule has 43 heavy (non-hydrogen) atoms. The number of rotatable bonds is 6. The maximum absolute atomic E-state index is 4.92. The van der Waals surface area contributed by atoms with Crippen molar-refractivity contribution in [3.63, 3.8) is 0 Å². The van der Waals surface area contributed by atoms with Crippen molar-refractivity contribution >= 4 is 35.3 Å². The molecule has 0 bridgehead atoms. The van der Waals surface area contributed by atoms with Crippen LogP contribution >= 0.6 is 12.6 Å².